The van der Waals surface area contributed by atoms with E-state index in [0.29, 0.717) is 11.3 Å². The van der Waals surface area contributed by atoms with Gasteiger partial charge in [-0.25, -0.2) is 0 Å². The lowest BCUT2D eigenvalue weighted by molar-refractivity contribution is -0.144. The second-order valence-corrected chi connectivity index (χ2v) is 6.13. The summed E-state index contributed by atoms with van der Waals surface area (Å²) in [6.07, 6.45) is 0.113. The van der Waals surface area contributed by atoms with E-state index in [1.807, 2.05) is 36.4 Å². The summed E-state index contributed by atoms with van der Waals surface area (Å²) >= 11 is 2.11. The highest BCUT2D eigenvalue weighted by atomic mass is 127. The van der Waals surface area contributed by atoms with Crippen molar-refractivity contribution in [2.45, 2.75) is 13.0 Å². The molecule has 0 bridgehead atoms. The van der Waals surface area contributed by atoms with Gasteiger partial charge in [-0.15, -0.1) is 0 Å². The summed E-state index contributed by atoms with van der Waals surface area (Å²) in [7, 11) is 0. The molecule has 23 heavy (non-hydrogen) atoms. The van der Waals surface area contributed by atoms with Crippen molar-refractivity contribution in [1.29, 1.82) is 0 Å². The van der Waals surface area contributed by atoms with Crippen LogP contribution in [0.4, 0.5) is 5.69 Å². The quantitative estimate of drug-likeness (QED) is 0.425. The van der Waals surface area contributed by atoms with Crippen molar-refractivity contribution in [3.63, 3.8) is 0 Å². The Morgan fingerprint density at radius 3 is 2.61 bits per heavy atom. The fraction of sp³-hybridized carbons (Fsp3) is 0.176. The number of hydrogen-bond donors (Lipinski definition) is 2. The molecule has 1 amide bonds. The lowest BCUT2D eigenvalue weighted by atomic mass is 10.1. The molecular weight excluding hydrogens is 407 g/mol. The number of carbonyl (C=O) groups excluding carboxylic acids is 2. The van der Waals surface area contributed by atoms with Gasteiger partial charge >= 0.3 is 5.97 Å². The van der Waals surface area contributed by atoms with Crippen molar-refractivity contribution >= 4 is 40.2 Å². The van der Waals surface area contributed by atoms with Crippen LogP contribution < -0.4 is 11.1 Å². The Labute approximate surface area is 148 Å². The molecule has 2 aromatic rings. The summed E-state index contributed by atoms with van der Waals surface area (Å²) in [6, 6.07) is 14.7. The van der Waals surface area contributed by atoms with E-state index in [0.717, 1.165) is 9.13 Å². The average molecular weight is 424 g/mol. The van der Waals surface area contributed by atoms with Gasteiger partial charge in [0.25, 0.3) is 5.91 Å². The standard InChI is InChI=1S/C17H17IN2O3/c18-13-6-7-15(19)14(10-13)17(22)20-9-8-16(21)23-11-12-4-2-1-3-5-12/h1-7,10H,8-9,11,19H2,(H,20,22). The molecule has 0 atom stereocenters. The van der Waals surface area contributed by atoms with Gasteiger partial charge in [-0.05, 0) is 46.4 Å². The van der Waals surface area contributed by atoms with Gasteiger partial charge in [-0.1, -0.05) is 30.3 Å². The molecule has 0 fully saturated rings. The van der Waals surface area contributed by atoms with Crippen molar-refractivity contribution in [2.75, 3.05) is 12.3 Å². The molecule has 2 rings (SSSR count). The van der Waals surface area contributed by atoms with E-state index >= 15 is 0 Å². The molecule has 0 heterocycles. The van der Waals surface area contributed by atoms with Gasteiger partial charge in [-0.3, -0.25) is 9.59 Å². The Hall–Kier alpha value is -2.09. The van der Waals surface area contributed by atoms with Gasteiger partial charge in [-0.2, -0.15) is 0 Å². The van der Waals surface area contributed by atoms with E-state index in [1.165, 1.54) is 0 Å². The highest BCUT2D eigenvalue weighted by Crippen LogP contribution is 2.15. The molecule has 5 nitrogen and oxygen atoms in total. The molecule has 0 saturated carbocycles. The minimum atomic E-state index is -0.357. The zero-order valence-electron chi connectivity index (χ0n) is 12.4. The molecule has 3 N–H and O–H groups in total. The Balaban J connectivity index is 1.75. The number of anilines is 1. The number of rotatable bonds is 6. The highest BCUT2D eigenvalue weighted by Gasteiger charge is 2.11. The maximum absolute atomic E-state index is 12.0. The van der Waals surface area contributed by atoms with Crippen LogP contribution in [-0.4, -0.2) is 18.4 Å². The van der Waals surface area contributed by atoms with Crippen LogP contribution in [0.1, 0.15) is 22.3 Å². The first kappa shape index (κ1) is 17.3. The molecule has 0 aliphatic rings. The van der Waals surface area contributed by atoms with Crippen LogP contribution in [0.25, 0.3) is 0 Å². The zero-order chi connectivity index (χ0) is 16.7. The van der Waals surface area contributed by atoms with Crippen LogP contribution in [-0.2, 0) is 16.1 Å². The summed E-state index contributed by atoms with van der Waals surface area (Å²) < 4.78 is 6.06. The Morgan fingerprint density at radius 2 is 1.87 bits per heavy atom. The summed E-state index contributed by atoms with van der Waals surface area (Å²) in [4.78, 5) is 23.7. The van der Waals surface area contributed by atoms with Crippen LogP contribution in [0.3, 0.4) is 0 Å². The molecule has 0 saturated heterocycles. The molecule has 0 unspecified atom stereocenters. The number of esters is 1. The minimum absolute atomic E-state index is 0.113. The smallest absolute Gasteiger partial charge is 0.307 e. The fourth-order valence-electron chi connectivity index (χ4n) is 1.91. The molecule has 0 aliphatic carbocycles. The number of nitrogens with one attached hydrogen (secondary N) is 1. The van der Waals surface area contributed by atoms with E-state index in [4.69, 9.17) is 10.5 Å². The van der Waals surface area contributed by atoms with Gasteiger partial charge in [0.1, 0.15) is 6.61 Å². The number of nitrogen functional groups attached to an aromatic ring is 1. The van der Waals surface area contributed by atoms with Crippen molar-refractivity contribution in [2.24, 2.45) is 0 Å². The second kappa shape index (κ2) is 8.52. The van der Waals surface area contributed by atoms with Crippen molar-refractivity contribution < 1.29 is 14.3 Å². The Morgan fingerprint density at radius 1 is 1.13 bits per heavy atom. The first-order chi connectivity index (χ1) is 11.1. The van der Waals surface area contributed by atoms with Gasteiger partial charge in [0, 0.05) is 15.8 Å². The summed E-state index contributed by atoms with van der Waals surface area (Å²) in [5, 5.41) is 2.67. The van der Waals surface area contributed by atoms with E-state index in [2.05, 4.69) is 27.9 Å². The minimum Gasteiger partial charge on any atom is -0.461 e. The maximum atomic E-state index is 12.0. The fourth-order valence-corrected chi connectivity index (χ4v) is 2.40. The Kier molecular flexibility index (Phi) is 6.40. The molecule has 0 radical (unpaired) electrons. The number of amides is 1. The normalized spacial score (nSPS) is 10.1. The summed E-state index contributed by atoms with van der Waals surface area (Å²) in [5.74, 6) is -0.651. The first-order valence-electron chi connectivity index (χ1n) is 7.09. The Bertz CT molecular complexity index is 689. The van der Waals surface area contributed by atoms with Crippen molar-refractivity contribution in [3.05, 3.63) is 63.2 Å². The number of ether oxygens (including phenoxy) is 1. The number of halogens is 1. The predicted molar refractivity (Wildman–Crippen MR) is 96.8 cm³/mol. The third kappa shape index (κ3) is 5.55. The maximum Gasteiger partial charge on any atom is 0.307 e. The number of benzene rings is 2. The van der Waals surface area contributed by atoms with Gasteiger partial charge < -0.3 is 15.8 Å². The zero-order valence-corrected chi connectivity index (χ0v) is 14.6. The van der Waals surface area contributed by atoms with Crippen LogP contribution >= 0.6 is 22.6 Å². The molecule has 120 valence electrons. The number of carbonyl (C=O) groups is 2. The predicted octanol–water partition coefficient (Wildman–Crippen LogP) is 2.74. The van der Waals surface area contributed by atoms with E-state index in [9.17, 15) is 9.59 Å². The van der Waals surface area contributed by atoms with E-state index in [-0.39, 0.29) is 31.4 Å². The lowest BCUT2D eigenvalue weighted by Gasteiger charge is -2.08. The molecule has 0 spiro atoms. The van der Waals surface area contributed by atoms with Gasteiger partial charge in [0.05, 0.1) is 12.0 Å². The topological polar surface area (TPSA) is 81.4 Å². The van der Waals surface area contributed by atoms with Crippen molar-refractivity contribution in [3.8, 4) is 0 Å². The molecule has 6 heteroatoms. The highest BCUT2D eigenvalue weighted by molar-refractivity contribution is 14.1. The third-order valence-electron chi connectivity index (χ3n) is 3.12. The third-order valence-corrected chi connectivity index (χ3v) is 3.79. The van der Waals surface area contributed by atoms with Crippen LogP contribution in [0.5, 0.6) is 0 Å². The monoisotopic (exact) mass is 424 g/mol. The van der Waals surface area contributed by atoms with E-state index in [1.54, 1.807) is 12.1 Å². The second-order valence-electron chi connectivity index (χ2n) is 4.88. The lowest BCUT2D eigenvalue weighted by Crippen LogP contribution is -2.27. The van der Waals surface area contributed by atoms with Crippen LogP contribution in [0.15, 0.2) is 48.5 Å². The van der Waals surface area contributed by atoms with Crippen LogP contribution in [0.2, 0.25) is 0 Å². The summed E-state index contributed by atoms with van der Waals surface area (Å²) in [5.41, 5.74) is 7.53. The number of nitrogens with two attached hydrogens (primary N) is 1. The largest absolute Gasteiger partial charge is 0.461 e. The first-order valence-corrected chi connectivity index (χ1v) is 8.17. The SMILES string of the molecule is Nc1ccc(I)cc1C(=O)NCCC(=O)OCc1ccccc1. The van der Waals surface area contributed by atoms with Gasteiger partial charge in [0.2, 0.25) is 0 Å². The van der Waals surface area contributed by atoms with Crippen LogP contribution in [0, 0.1) is 3.57 Å². The average Bonchev–Trinajstić information content (AvgIpc) is 2.56. The molecule has 2 aromatic carbocycles. The summed E-state index contributed by atoms with van der Waals surface area (Å²) in [6.45, 7) is 0.439. The molecular formula is C17H17IN2O3. The van der Waals surface area contributed by atoms with Crippen molar-refractivity contribution in [1.82, 2.24) is 5.32 Å². The number of hydrogen-bond acceptors (Lipinski definition) is 4. The van der Waals surface area contributed by atoms with E-state index < -0.39 is 0 Å². The van der Waals surface area contributed by atoms with Gasteiger partial charge in [0.15, 0.2) is 0 Å². The molecule has 0 aromatic heterocycles. The molecule has 0 aliphatic heterocycles.